The molecule has 0 saturated heterocycles. The molecular weight excluding hydrogens is 492 g/mol. The van der Waals surface area contributed by atoms with Gasteiger partial charge < -0.3 is 17.8 Å². The molecule has 4 aromatic rings. The molecule has 12 heteroatoms. The normalized spacial score (nSPS) is 10.9. The number of fused-ring (bicyclic) bond motifs is 2. The highest BCUT2D eigenvalue weighted by Crippen LogP contribution is 2.33. The van der Waals surface area contributed by atoms with E-state index in [1.165, 1.54) is 22.7 Å². The fourth-order valence-electron chi connectivity index (χ4n) is 2.54. The summed E-state index contributed by atoms with van der Waals surface area (Å²) in [6.45, 7) is 0. The maximum Gasteiger partial charge on any atom is 0.318 e. The number of carbonyl (C=O) groups excluding carboxylic acids is 2. The molecule has 8 nitrogen and oxygen atoms in total. The van der Waals surface area contributed by atoms with E-state index < -0.39 is 11.9 Å². The lowest BCUT2D eigenvalue weighted by Gasteiger charge is -2.01. The first-order chi connectivity index (χ1) is 15.5. The Kier molecular flexibility index (Phi) is 7.35. The topological polar surface area (TPSA) is 96.8 Å². The number of hydrogen-bond acceptors (Lipinski definition) is 12. The van der Waals surface area contributed by atoms with Crippen LogP contribution >= 0.6 is 46.8 Å². The zero-order chi connectivity index (χ0) is 22.5. The van der Waals surface area contributed by atoms with Gasteiger partial charge in [0.25, 0.3) is 0 Å². The fourth-order valence-corrected chi connectivity index (χ4v) is 5.78. The molecule has 32 heavy (non-hydrogen) atoms. The number of carbonyl (C=O) groups is 2. The maximum atomic E-state index is 12.0. The quantitative estimate of drug-likeness (QED) is 0.269. The van der Waals surface area contributed by atoms with Crippen LogP contribution in [0.3, 0.4) is 0 Å². The van der Waals surface area contributed by atoms with Crippen LogP contribution in [0, 0.1) is 0 Å². The molecule has 0 bridgehead atoms. The van der Waals surface area contributed by atoms with Crippen LogP contribution < -0.4 is 9.47 Å². The molecule has 0 fully saturated rings. The van der Waals surface area contributed by atoms with Gasteiger partial charge in [0.2, 0.25) is 0 Å². The first-order valence-corrected chi connectivity index (χ1v) is 12.3. The molecule has 2 aromatic heterocycles. The van der Waals surface area contributed by atoms with Gasteiger partial charge in [-0.15, -0.1) is 22.7 Å². The van der Waals surface area contributed by atoms with Crippen molar-refractivity contribution in [1.29, 1.82) is 0 Å². The number of rotatable bonds is 9. The van der Waals surface area contributed by atoms with E-state index in [1.54, 1.807) is 14.2 Å². The van der Waals surface area contributed by atoms with Crippen molar-refractivity contribution in [3.63, 3.8) is 0 Å². The Bertz CT molecular complexity index is 1170. The number of methoxy groups -OCH3 is 2. The van der Waals surface area contributed by atoms with Crippen molar-refractivity contribution in [3.05, 3.63) is 36.4 Å². The van der Waals surface area contributed by atoms with Gasteiger partial charge in [0.15, 0.2) is 8.68 Å². The number of hydrogen-bond donors (Lipinski definition) is 0. The minimum absolute atomic E-state index is 0.0951. The molecule has 0 radical (unpaired) electrons. The third-order valence-corrected chi connectivity index (χ3v) is 7.64. The lowest BCUT2D eigenvalue weighted by Crippen LogP contribution is -2.05. The van der Waals surface area contributed by atoms with Gasteiger partial charge in [-0.3, -0.25) is 9.59 Å². The summed E-state index contributed by atoms with van der Waals surface area (Å²) in [7, 11) is 3.19. The van der Waals surface area contributed by atoms with Crippen LogP contribution in [0.5, 0.6) is 11.5 Å². The second-order valence-electron chi connectivity index (χ2n) is 6.20. The van der Waals surface area contributed by atoms with Gasteiger partial charge in [-0.05, 0) is 36.4 Å². The lowest BCUT2D eigenvalue weighted by atomic mass is 10.3. The molecule has 0 aliphatic heterocycles. The standard InChI is InChI=1S/C20H16N2O6S4/c1-25-11-3-5-13-15(9-11)29-19(21-13)31-27-17(23)7-8-18(24)28-32-20-22-14-6-4-12(26-2)10-16(14)30-20/h3-6,9-10H,7-8H2,1-2H3. The highest BCUT2D eigenvalue weighted by molar-refractivity contribution is 7.97. The predicted octanol–water partition coefficient (Wildman–Crippen LogP) is 5.50. The van der Waals surface area contributed by atoms with E-state index in [1.807, 2.05) is 36.4 Å². The molecule has 2 heterocycles. The van der Waals surface area contributed by atoms with Gasteiger partial charge in [0, 0.05) is 0 Å². The Morgan fingerprint density at radius 3 is 1.62 bits per heavy atom. The molecule has 0 aliphatic carbocycles. The summed E-state index contributed by atoms with van der Waals surface area (Å²) in [4.78, 5) is 32.7. The Labute approximate surface area is 199 Å². The first kappa shape index (κ1) is 22.6. The number of ether oxygens (including phenoxy) is 2. The highest BCUT2D eigenvalue weighted by atomic mass is 32.2. The molecule has 0 unspecified atom stereocenters. The lowest BCUT2D eigenvalue weighted by molar-refractivity contribution is -0.139. The van der Waals surface area contributed by atoms with E-state index in [2.05, 4.69) is 9.97 Å². The molecule has 0 aliphatic rings. The van der Waals surface area contributed by atoms with Crippen molar-refractivity contribution in [2.24, 2.45) is 0 Å². The van der Waals surface area contributed by atoms with Crippen molar-refractivity contribution in [1.82, 2.24) is 9.97 Å². The second kappa shape index (κ2) is 10.4. The summed E-state index contributed by atoms with van der Waals surface area (Å²) in [6.07, 6.45) is -0.190. The number of thiazole rings is 2. The first-order valence-electron chi connectivity index (χ1n) is 9.18. The monoisotopic (exact) mass is 508 g/mol. The van der Waals surface area contributed by atoms with Gasteiger partial charge in [-0.25, -0.2) is 9.97 Å². The second-order valence-corrected chi connectivity index (χ2v) is 10.2. The zero-order valence-electron chi connectivity index (χ0n) is 16.9. The Hall–Kier alpha value is -2.54. The van der Waals surface area contributed by atoms with Crippen LogP contribution in [0.25, 0.3) is 20.4 Å². The van der Waals surface area contributed by atoms with Gasteiger partial charge in [-0.1, -0.05) is 0 Å². The zero-order valence-corrected chi connectivity index (χ0v) is 20.1. The van der Waals surface area contributed by atoms with Crippen molar-refractivity contribution in [2.75, 3.05) is 14.2 Å². The van der Waals surface area contributed by atoms with Crippen molar-refractivity contribution >= 4 is 79.1 Å². The van der Waals surface area contributed by atoms with Crippen LogP contribution in [-0.4, -0.2) is 36.1 Å². The van der Waals surface area contributed by atoms with Crippen LogP contribution in [0.4, 0.5) is 0 Å². The van der Waals surface area contributed by atoms with E-state index >= 15 is 0 Å². The minimum Gasteiger partial charge on any atom is -0.497 e. The molecule has 4 rings (SSSR count). The molecule has 0 amide bonds. The SMILES string of the molecule is COc1ccc2nc(SOC(=O)CCC(=O)OSc3nc4ccc(OC)cc4s3)sc2c1. The average molecular weight is 509 g/mol. The summed E-state index contributed by atoms with van der Waals surface area (Å²) >= 11 is 4.53. The molecule has 0 saturated carbocycles. The van der Waals surface area contributed by atoms with Crippen LogP contribution in [0.1, 0.15) is 12.8 Å². The van der Waals surface area contributed by atoms with E-state index in [-0.39, 0.29) is 12.8 Å². The fraction of sp³-hybridized carbons (Fsp3) is 0.200. The maximum absolute atomic E-state index is 12.0. The number of nitrogens with zero attached hydrogens (tertiary/aromatic N) is 2. The smallest absolute Gasteiger partial charge is 0.318 e. The van der Waals surface area contributed by atoms with Crippen LogP contribution in [-0.2, 0) is 18.0 Å². The Morgan fingerprint density at radius 2 is 1.22 bits per heavy atom. The third kappa shape index (κ3) is 5.63. The Morgan fingerprint density at radius 1 is 0.781 bits per heavy atom. The van der Waals surface area contributed by atoms with Gasteiger partial charge in [0.1, 0.15) is 35.6 Å². The van der Waals surface area contributed by atoms with Crippen LogP contribution in [0.15, 0.2) is 45.1 Å². The Balaban J connectivity index is 1.21. The summed E-state index contributed by atoms with van der Waals surface area (Å²) in [5.41, 5.74) is 1.59. The van der Waals surface area contributed by atoms with Gasteiger partial charge in [0.05, 0.1) is 47.5 Å². The molecule has 0 N–H and O–H groups in total. The summed E-state index contributed by atoms with van der Waals surface area (Å²) in [6, 6.07) is 11.1. The molecule has 166 valence electrons. The van der Waals surface area contributed by atoms with Crippen molar-refractivity contribution < 1.29 is 27.4 Å². The van der Waals surface area contributed by atoms with E-state index in [4.69, 9.17) is 17.8 Å². The summed E-state index contributed by atoms with van der Waals surface area (Å²) in [5.74, 6) is 0.412. The largest absolute Gasteiger partial charge is 0.497 e. The third-order valence-electron chi connectivity index (χ3n) is 4.10. The van der Waals surface area contributed by atoms with E-state index in [0.29, 0.717) is 8.68 Å². The molecule has 0 atom stereocenters. The minimum atomic E-state index is -0.527. The summed E-state index contributed by atoms with van der Waals surface area (Å²) in [5, 5.41) is 0. The molecule has 0 spiro atoms. The van der Waals surface area contributed by atoms with E-state index in [9.17, 15) is 9.59 Å². The number of aromatic nitrogens is 2. The van der Waals surface area contributed by atoms with Gasteiger partial charge in [-0.2, -0.15) is 0 Å². The predicted molar refractivity (Wildman–Crippen MR) is 125 cm³/mol. The average Bonchev–Trinajstić information content (AvgIpc) is 3.41. The van der Waals surface area contributed by atoms with Crippen molar-refractivity contribution in [2.45, 2.75) is 21.5 Å². The van der Waals surface area contributed by atoms with E-state index in [0.717, 1.165) is 56.0 Å². The van der Waals surface area contributed by atoms with Gasteiger partial charge >= 0.3 is 11.9 Å². The number of benzene rings is 2. The molecular formula is C20H16N2O6S4. The highest BCUT2D eigenvalue weighted by Gasteiger charge is 2.15. The van der Waals surface area contributed by atoms with Crippen molar-refractivity contribution in [3.8, 4) is 11.5 Å². The summed E-state index contributed by atoms with van der Waals surface area (Å²) < 4.78 is 23.7. The van der Waals surface area contributed by atoms with Crippen LogP contribution in [0.2, 0.25) is 0 Å². The molecule has 2 aromatic carbocycles.